The Kier molecular flexibility index (Phi) is 10.1. The summed E-state index contributed by atoms with van der Waals surface area (Å²) in [4.78, 5) is 23.0. The van der Waals surface area contributed by atoms with Gasteiger partial charge in [0.15, 0.2) is 5.13 Å². The van der Waals surface area contributed by atoms with Crippen molar-refractivity contribution in [3.8, 4) is 11.5 Å². The molecular formula is C23H30ClN3O3S2. The Morgan fingerprint density at radius 2 is 1.78 bits per heavy atom. The van der Waals surface area contributed by atoms with E-state index in [2.05, 4.69) is 11.8 Å². The summed E-state index contributed by atoms with van der Waals surface area (Å²) < 4.78 is 11.8. The number of carbonyl (C=O) groups excluding carboxylic acids is 1. The number of hydrogen-bond acceptors (Lipinski definition) is 7. The quantitative estimate of drug-likeness (QED) is 0.364. The predicted molar refractivity (Wildman–Crippen MR) is 137 cm³/mol. The summed E-state index contributed by atoms with van der Waals surface area (Å²) in [5.74, 6) is 1.94. The van der Waals surface area contributed by atoms with Crippen LogP contribution >= 0.6 is 35.5 Å². The van der Waals surface area contributed by atoms with Gasteiger partial charge in [-0.2, -0.15) is 0 Å². The van der Waals surface area contributed by atoms with Crippen LogP contribution < -0.4 is 14.4 Å². The second-order valence-corrected chi connectivity index (χ2v) is 9.45. The molecule has 0 N–H and O–H groups in total. The van der Waals surface area contributed by atoms with Crippen molar-refractivity contribution in [1.29, 1.82) is 0 Å². The number of thiazole rings is 1. The second-order valence-electron chi connectivity index (χ2n) is 7.43. The molecule has 0 saturated carbocycles. The lowest BCUT2D eigenvalue weighted by molar-refractivity contribution is -0.116. The van der Waals surface area contributed by atoms with E-state index in [-0.39, 0.29) is 18.3 Å². The first kappa shape index (κ1) is 26.3. The first-order valence-electron chi connectivity index (χ1n) is 10.1. The van der Waals surface area contributed by atoms with E-state index in [0.717, 1.165) is 50.3 Å². The molecule has 9 heteroatoms. The molecule has 0 aliphatic carbocycles. The first-order chi connectivity index (χ1) is 14.9. The van der Waals surface area contributed by atoms with Gasteiger partial charge in [0, 0.05) is 11.4 Å². The molecule has 0 atom stereocenters. The number of hydrogen-bond donors (Lipinski definition) is 0. The summed E-state index contributed by atoms with van der Waals surface area (Å²) in [7, 11) is 7.37. The number of methoxy groups -OCH3 is 2. The normalized spacial score (nSPS) is 10.8. The fourth-order valence-electron chi connectivity index (χ4n) is 3.15. The molecule has 3 rings (SSSR count). The average Bonchev–Trinajstić information content (AvgIpc) is 3.21. The van der Waals surface area contributed by atoms with Gasteiger partial charge in [0.2, 0.25) is 5.91 Å². The molecule has 0 spiro atoms. The molecule has 0 unspecified atom stereocenters. The van der Waals surface area contributed by atoms with E-state index in [1.165, 1.54) is 11.8 Å². The molecule has 0 aliphatic heterocycles. The van der Waals surface area contributed by atoms with Crippen LogP contribution in [-0.2, 0) is 4.79 Å². The average molecular weight is 496 g/mol. The lowest BCUT2D eigenvalue weighted by atomic mass is 10.2. The van der Waals surface area contributed by atoms with Gasteiger partial charge in [0.05, 0.1) is 24.7 Å². The SMILES string of the molecule is COc1ccc(SCC(=O)N(CCCN(C)C)c2nc3c(OC)ccc(C)c3s2)cc1.Cl. The first-order valence-corrected chi connectivity index (χ1v) is 11.9. The molecular weight excluding hydrogens is 466 g/mol. The van der Waals surface area contributed by atoms with E-state index in [0.29, 0.717) is 12.3 Å². The Balaban J connectivity index is 0.00000363. The minimum atomic E-state index is 0. The Bertz CT molecular complexity index is 1030. The predicted octanol–water partition coefficient (Wildman–Crippen LogP) is 5.12. The van der Waals surface area contributed by atoms with Crippen molar-refractivity contribution in [3.05, 3.63) is 42.0 Å². The topological polar surface area (TPSA) is 54.9 Å². The number of anilines is 1. The van der Waals surface area contributed by atoms with Crippen molar-refractivity contribution in [2.24, 2.45) is 0 Å². The molecule has 0 bridgehead atoms. The van der Waals surface area contributed by atoms with Crippen molar-refractivity contribution in [2.75, 3.05) is 52.1 Å². The van der Waals surface area contributed by atoms with Crippen molar-refractivity contribution in [3.63, 3.8) is 0 Å². The molecule has 0 radical (unpaired) electrons. The summed E-state index contributed by atoms with van der Waals surface area (Å²) >= 11 is 3.07. The highest BCUT2D eigenvalue weighted by molar-refractivity contribution is 8.00. The van der Waals surface area contributed by atoms with Crippen LogP contribution in [0.2, 0.25) is 0 Å². The highest BCUT2D eigenvalue weighted by Gasteiger charge is 2.21. The van der Waals surface area contributed by atoms with E-state index >= 15 is 0 Å². The summed E-state index contributed by atoms with van der Waals surface area (Å²) in [6.45, 7) is 3.59. The lowest BCUT2D eigenvalue weighted by Crippen LogP contribution is -2.34. The molecule has 3 aromatic rings. The van der Waals surface area contributed by atoms with Gasteiger partial charge in [0.25, 0.3) is 0 Å². The lowest BCUT2D eigenvalue weighted by Gasteiger charge is -2.21. The van der Waals surface area contributed by atoms with Crippen LogP contribution in [0.5, 0.6) is 11.5 Å². The standard InChI is InChI=1S/C23H29N3O3S2.ClH/c1-16-7-12-19(29-5)21-22(16)31-23(24-21)26(14-6-13-25(2)3)20(27)15-30-18-10-8-17(28-4)9-11-18;/h7-12H,6,13-15H2,1-5H3;1H. The number of amides is 1. The molecule has 1 amide bonds. The van der Waals surface area contributed by atoms with E-state index in [1.807, 2.05) is 55.4 Å². The van der Waals surface area contributed by atoms with Gasteiger partial charge in [-0.25, -0.2) is 4.98 Å². The molecule has 6 nitrogen and oxygen atoms in total. The van der Waals surface area contributed by atoms with Crippen molar-refractivity contribution in [1.82, 2.24) is 9.88 Å². The third-order valence-electron chi connectivity index (χ3n) is 4.85. The number of fused-ring (bicyclic) bond motifs is 1. The van der Waals surface area contributed by atoms with Crippen LogP contribution in [0.15, 0.2) is 41.3 Å². The second kappa shape index (κ2) is 12.3. The smallest absolute Gasteiger partial charge is 0.239 e. The van der Waals surface area contributed by atoms with Crippen molar-refractivity contribution < 1.29 is 14.3 Å². The molecule has 0 saturated heterocycles. The number of thioether (sulfide) groups is 1. The van der Waals surface area contributed by atoms with Gasteiger partial charge in [-0.1, -0.05) is 17.4 Å². The summed E-state index contributed by atoms with van der Waals surface area (Å²) in [5, 5.41) is 0.724. The number of nitrogens with zero attached hydrogens (tertiary/aromatic N) is 3. The molecule has 2 aromatic carbocycles. The van der Waals surface area contributed by atoms with Crippen molar-refractivity contribution >= 4 is 56.8 Å². The number of aryl methyl sites for hydroxylation is 1. The molecule has 32 heavy (non-hydrogen) atoms. The molecule has 1 heterocycles. The number of halogens is 1. The maximum absolute atomic E-state index is 13.2. The fraction of sp³-hybridized carbons (Fsp3) is 0.391. The number of carbonyl (C=O) groups is 1. The zero-order chi connectivity index (χ0) is 22.4. The Labute approximate surface area is 204 Å². The van der Waals surface area contributed by atoms with Crippen LogP contribution in [-0.4, -0.2) is 62.9 Å². The Morgan fingerprint density at radius 1 is 1.06 bits per heavy atom. The minimum Gasteiger partial charge on any atom is -0.497 e. The summed E-state index contributed by atoms with van der Waals surface area (Å²) in [5.41, 5.74) is 1.95. The summed E-state index contributed by atoms with van der Waals surface area (Å²) in [6, 6.07) is 11.7. The third kappa shape index (κ3) is 6.51. The molecule has 0 fully saturated rings. The van der Waals surface area contributed by atoms with E-state index in [1.54, 1.807) is 25.6 Å². The van der Waals surface area contributed by atoms with Gasteiger partial charge in [-0.15, -0.1) is 24.2 Å². The van der Waals surface area contributed by atoms with Crippen LogP contribution in [0.25, 0.3) is 10.2 Å². The van der Waals surface area contributed by atoms with Gasteiger partial charge in [0.1, 0.15) is 17.0 Å². The molecule has 1 aromatic heterocycles. The zero-order valence-electron chi connectivity index (χ0n) is 19.1. The van der Waals surface area contributed by atoms with Crippen LogP contribution in [0.3, 0.4) is 0 Å². The molecule has 174 valence electrons. The largest absolute Gasteiger partial charge is 0.497 e. The van der Waals surface area contributed by atoms with Gasteiger partial charge >= 0.3 is 0 Å². The van der Waals surface area contributed by atoms with Gasteiger partial charge in [-0.05, 0) is 69.9 Å². The van der Waals surface area contributed by atoms with E-state index in [9.17, 15) is 4.79 Å². The van der Waals surface area contributed by atoms with Crippen molar-refractivity contribution in [2.45, 2.75) is 18.2 Å². The Hall–Kier alpha value is -2.00. The van der Waals surface area contributed by atoms with Gasteiger partial charge < -0.3 is 14.4 Å². The fourth-order valence-corrected chi connectivity index (χ4v) is 5.01. The van der Waals surface area contributed by atoms with Crippen LogP contribution in [0.4, 0.5) is 5.13 Å². The molecule has 0 aliphatic rings. The highest BCUT2D eigenvalue weighted by Crippen LogP contribution is 2.36. The monoisotopic (exact) mass is 495 g/mol. The number of benzene rings is 2. The summed E-state index contributed by atoms with van der Waals surface area (Å²) in [6.07, 6.45) is 0.873. The third-order valence-corrected chi connectivity index (χ3v) is 7.06. The number of aromatic nitrogens is 1. The van der Waals surface area contributed by atoms with Crippen LogP contribution in [0.1, 0.15) is 12.0 Å². The maximum Gasteiger partial charge on any atom is 0.239 e. The number of ether oxygens (including phenoxy) is 2. The highest BCUT2D eigenvalue weighted by atomic mass is 35.5. The van der Waals surface area contributed by atoms with Crippen LogP contribution in [0, 0.1) is 6.92 Å². The van der Waals surface area contributed by atoms with Gasteiger partial charge in [-0.3, -0.25) is 9.69 Å². The number of rotatable bonds is 10. The van der Waals surface area contributed by atoms with E-state index < -0.39 is 0 Å². The van der Waals surface area contributed by atoms with E-state index in [4.69, 9.17) is 14.5 Å². The maximum atomic E-state index is 13.2. The Morgan fingerprint density at radius 3 is 2.41 bits per heavy atom. The minimum absolute atomic E-state index is 0. The zero-order valence-corrected chi connectivity index (χ0v) is 21.5.